The molecule has 4 nitrogen and oxygen atoms in total. The summed E-state index contributed by atoms with van der Waals surface area (Å²) in [7, 11) is 3.54. The van der Waals surface area contributed by atoms with Gasteiger partial charge < -0.3 is 10.0 Å². The average Bonchev–Trinajstić information content (AvgIpc) is 2.39. The largest absolute Gasteiger partial charge is 0.508 e. The Balaban J connectivity index is 2.91. The number of hydrogen-bond acceptors (Lipinski definition) is 3. The van der Waals surface area contributed by atoms with E-state index in [1.165, 1.54) is 0 Å². The monoisotopic (exact) mass is 292 g/mol. The topological polar surface area (TPSA) is 52.6 Å². The van der Waals surface area contributed by atoms with Crippen LogP contribution in [0.3, 0.4) is 0 Å². The van der Waals surface area contributed by atoms with Gasteiger partial charge in [0.2, 0.25) is 5.91 Å². The first-order valence-electron chi connectivity index (χ1n) is 7.49. The normalized spacial score (nSPS) is 14.0. The number of likely N-dealkylation sites (N-methyl/N-ethyl adjacent to an activating group) is 1. The number of phenolic OH excluding ortho intramolecular Hbond substituents is 1. The van der Waals surface area contributed by atoms with Crippen LogP contribution in [0.1, 0.15) is 44.4 Å². The molecular formula is C17H28N2O2. The number of benzene rings is 1. The third kappa shape index (κ3) is 5.05. The zero-order valence-electron chi connectivity index (χ0n) is 14.0. The average molecular weight is 292 g/mol. The Labute approximate surface area is 128 Å². The number of carbonyl (C=O) groups is 1. The summed E-state index contributed by atoms with van der Waals surface area (Å²) in [5.74, 6) is 0.758. The molecular weight excluding hydrogens is 264 g/mol. The summed E-state index contributed by atoms with van der Waals surface area (Å²) in [5, 5.41) is 13.4. The number of amides is 1. The van der Waals surface area contributed by atoms with Crippen LogP contribution in [0.2, 0.25) is 0 Å². The molecule has 0 radical (unpaired) electrons. The predicted octanol–water partition coefficient (Wildman–Crippen LogP) is 2.85. The number of nitrogens with zero attached hydrogens (tertiary/aromatic N) is 1. The molecule has 2 unspecified atom stereocenters. The molecule has 21 heavy (non-hydrogen) atoms. The highest BCUT2D eigenvalue weighted by Crippen LogP contribution is 2.26. The van der Waals surface area contributed by atoms with Crippen molar-refractivity contribution in [3.63, 3.8) is 0 Å². The fourth-order valence-electron chi connectivity index (χ4n) is 2.44. The van der Waals surface area contributed by atoms with Gasteiger partial charge in [0, 0.05) is 25.7 Å². The standard InChI is InChI=1S/C17H28N2O2/c1-11(2)9-15(17(21)19(5)6)18-13(4)14-10-12(3)7-8-16(14)20/h7-8,10-11,13,15,18,20H,9H2,1-6H3. The van der Waals surface area contributed by atoms with Crippen molar-refractivity contribution in [1.82, 2.24) is 10.2 Å². The van der Waals surface area contributed by atoms with Crippen LogP contribution in [-0.4, -0.2) is 36.1 Å². The quantitative estimate of drug-likeness (QED) is 0.847. The van der Waals surface area contributed by atoms with Crippen LogP contribution < -0.4 is 5.32 Å². The van der Waals surface area contributed by atoms with Crippen LogP contribution in [0.5, 0.6) is 5.75 Å². The van der Waals surface area contributed by atoms with Gasteiger partial charge in [-0.1, -0.05) is 31.5 Å². The van der Waals surface area contributed by atoms with Gasteiger partial charge in [0.25, 0.3) is 0 Å². The molecule has 0 spiro atoms. The second kappa shape index (κ2) is 7.46. The van der Waals surface area contributed by atoms with Crippen molar-refractivity contribution in [2.24, 2.45) is 5.92 Å². The third-order valence-electron chi connectivity index (χ3n) is 3.55. The number of aryl methyl sites for hydroxylation is 1. The Morgan fingerprint density at radius 3 is 2.43 bits per heavy atom. The molecule has 1 aromatic carbocycles. The number of nitrogens with one attached hydrogen (secondary N) is 1. The van der Waals surface area contributed by atoms with E-state index in [9.17, 15) is 9.90 Å². The Hall–Kier alpha value is -1.55. The zero-order chi connectivity index (χ0) is 16.2. The van der Waals surface area contributed by atoms with Crippen LogP contribution in [-0.2, 0) is 4.79 Å². The van der Waals surface area contributed by atoms with Crippen LogP contribution >= 0.6 is 0 Å². The van der Waals surface area contributed by atoms with Crippen LogP contribution in [0.25, 0.3) is 0 Å². The van der Waals surface area contributed by atoms with E-state index in [1.54, 1.807) is 25.1 Å². The maximum atomic E-state index is 12.3. The second-order valence-electron chi connectivity index (χ2n) is 6.37. The van der Waals surface area contributed by atoms with Crippen molar-refractivity contribution < 1.29 is 9.90 Å². The molecule has 0 aliphatic carbocycles. The number of hydrogen-bond donors (Lipinski definition) is 2. The summed E-state index contributed by atoms with van der Waals surface area (Å²) in [6.07, 6.45) is 0.772. The Morgan fingerprint density at radius 1 is 1.29 bits per heavy atom. The summed E-state index contributed by atoms with van der Waals surface area (Å²) in [4.78, 5) is 13.9. The van der Waals surface area contributed by atoms with E-state index in [0.29, 0.717) is 5.92 Å². The van der Waals surface area contributed by atoms with Crippen molar-refractivity contribution in [3.05, 3.63) is 29.3 Å². The van der Waals surface area contributed by atoms with Crippen molar-refractivity contribution in [1.29, 1.82) is 0 Å². The molecule has 0 aromatic heterocycles. The molecule has 1 amide bonds. The van der Waals surface area contributed by atoms with Gasteiger partial charge in [-0.05, 0) is 32.3 Å². The molecule has 0 fully saturated rings. The van der Waals surface area contributed by atoms with Gasteiger partial charge in [-0.15, -0.1) is 0 Å². The van der Waals surface area contributed by atoms with Gasteiger partial charge in [-0.3, -0.25) is 10.1 Å². The Bertz CT molecular complexity index is 484. The molecule has 4 heteroatoms. The van der Waals surface area contributed by atoms with Crippen molar-refractivity contribution in [2.75, 3.05) is 14.1 Å². The minimum atomic E-state index is -0.241. The van der Waals surface area contributed by atoms with Crippen LogP contribution in [0.15, 0.2) is 18.2 Å². The highest BCUT2D eigenvalue weighted by molar-refractivity contribution is 5.81. The third-order valence-corrected chi connectivity index (χ3v) is 3.55. The minimum absolute atomic E-state index is 0.0719. The maximum absolute atomic E-state index is 12.3. The highest BCUT2D eigenvalue weighted by Gasteiger charge is 2.24. The fraction of sp³-hybridized carbons (Fsp3) is 0.588. The van der Waals surface area contributed by atoms with E-state index < -0.39 is 0 Å². The molecule has 0 heterocycles. The first-order chi connectivity index (χ1) is 9.72. The van der Waals surface area contributed by atoms with Crippen molar-refractivity contribution in [2.45, 2.75) is 46.2 Å². The Kier molecular flexibility index (Phi) is 6.21. The van der Waals surface area contributed by atoms with Gasteiger partial charge in [0.05, 0.1) is 6.04 Å². The molecule has 118 valence electrons. The van der Waals surface area contributed by atoms with E-state index >= 15 is 0 Å². The van der Waals surface area contributed by atoms with E-state index in [1.807, 2.05) is 26.0 Å². The molecule has 0 bridgehead atoms. The van der Waals surface area contributed by atoms with Gasteiger partial charge >= 0.3 is 0 Å². The molecule has 2 N–H and O–H groups in total. The highest BCUT2D eigenvalue weighted by atomic mass is 16.3. The van der Waals surface area contributed by atoms with Gasteiger partial charge in [0.1, 0.15) is 5.75 Å². The lowest BCUT2D eigenvalue weighted by molar-refractivity contribution is -0.131. The number of phenols is 1. The predicted molar refractivity (Wildman–Crippen MR) is 86.3 cm³/mol. The molecule has 1 aromatic rings. The zero-order valence-corrected chi connectivity index (χ0v) is 14.0. The lowest BCUT2D eigenvalue weighted by Gasteiger charge is -2.27. The van der Waals surface area contributed by atoms with E-state index in [0.717, 1.165) is 17.5 Å². The van der Waals surface area contributed by atoms with E-state index in [2.05, 4.69) is 19.2 Å². The summed E-state index contributed by atoms with van der Waals surface area (Å²) < 4.78 is 0. The first kappa shape index (κ1) is 17.5. The van der Waals surface area contributed by atoms with E-state index in [-0.39, 0.29) is 23.7 Å². The smallest absolute Gasteiger partial charge is 0.239 e. The van der Waals surface area contributed by atoms with Crippen molar-refractivity contribution in [3.8, 4) is 5.75 Å². The molecule has 0 aliphatic heterocycles. The van der Waals surface area contributed by atoms with Crippen LogP contribution in [0, 0.1) is 12.8 Å². The summed E-state index contributed by atoms with van der Waals surface area (Å²) in [6.45, 7) is 8.18. The van der Waals surface area contributed by atoms with Gasteiger partial charge in [0.15, 0.2) is 0 Å². The lowest BCUT2D eigenvalue weighted by Crippen LogP contribution is -2.45. The fourth-order valence-corrected chi connectivity index (χ4v) is 2.44. The van der Waals surface area contributed by atoms with Gasteiger partial charge in [-0.2, -0.15) is 0 Å². The van der Waals surface area contributed by atoms with Gasteiger partial charge in [-0.25, -0.2) is 0 Å². The second-order valence-corrected chi connectivity index (χ2v) is 6.37. The molecule has 0 saturated carbocycles. The van der Waals surface area contributed by atoms with E-state index in [4.69, 9.17) is 0 Å². The summed E-state index contributed by atoms with van der Waals surface area (Å²) in [6, 6.07) is 5.21. The lowest BCUT2D eigenvalue weighted by atomic mass is 9.99. The van der Waals surface area contributed by atoms with Crippen molar-refractivity contribution >= 4 is 5.91 Å². The number of carbonyl (C=O) groups excluding carboxylic acids is 1. The molecule has 0 saturated heterocycles. The molecule has 2 atom stereocenters. The number of aromatic hydroxyl groups is 1. The summed E-state index contributed by atoms with van der Waals surface area (Å²) in [5.41, 5.74) is 1.92. The maximum Gasteiger partial charge on any atom is 0.239 e. The Morgan fingerprint density at radius 2 is 1.90 bits per heavy atom. The molecule has 1 rings (SSSR count). The SMILES string of the molecule is Cc1ccc(O)c(C(C)NC(CC(C)C)C(=O)N(C)C)c1. The first-order valence-corrected chi connectivity index (χ1v) is 7.49. The van der Waals surface area contributed by atoms with Crippen LogP contribution in [0.4, 0.5) is 0 Å². The summed E-state index contributed by atoms with van der Waals surface area (Å²) >= 11 is 0. The number of rotatable bonds is 6. The minimum Gasteiger partial charge on any atom is -0.508 e. The molecule has 0 aliphatic rings.